The maximum absolute atomic E-state index is 9.11. The minimum absolute atomic E-state index is 0.0352. The smallest absolute Gasteiger partial charge is 0.226 e. The van der Waals surface area contributed by atoms with Gasteiger partial charge in [0, 0.05) is 25.4 Å². The maximum atomic E-state index is 9.11. The molecule has 2 rings (SSSR count). The molecule has 98 valence electrons. The first-order valence-corrected chi connectivity index (χ1v) is 6.16. The van der Waals surface area contributed by atoms with Crippen LogP contribution in [0.25, 0.3) is 0 Å². The quantitative estimate of drug-likeness (QED) is 0.528. The van der Waals surface area contributed by atoms with E-state index >= 15 is 0 Å². The standard InChI is InChI=1S/C12H19N5O/c1-8-6-10(11(13)14)16-12(15-8)17-4-2-9(7-18)3-5-17/h6,9,18H,2-5,7H2,1H3,(H3,13,14). The Bertz CT molecular complexity index is 440. The molecule has 0 bridgehead atoms. The summed E-state index contributed by atoms with van der Waals surface area (Å²) in [5.74, 6) is 0.988. The molecule has 6 nitrogen and oxygen atoms in total. The van der Waals surface area contributed by atoms with Gasteiger partial charge in [-0.2, -0.15) is 0 Å². The molecule has 6 heteroatoms. The molecule has 0 atom stereocenters. The molecule has 1 saturated heterocycles. The van der Waals surface area contributed by atoms with Crippen LogP contribution in [0, 0.1) is 18.3 Å². The van der Waals surface area contributed by atoms with Crippen LogP contribution in [-0.2, 0) is 0 Å². The maximum Gasteiger partial charge on any atom is 0.226 e. The second kappa shape index (κ2) is 5.30. The number of nitrogens with zero attached hydrogens (tertiary/aromatic N) is 3. The van der Waals surface area contributed by atoms with Crippen molar-refractivity contribution in [3.8, 4) is 0 Å². The van der Waals surface area contributed by atoms with Crippen LogP contribution in [0.5, 0.6) is 0 Å². The molecular weight excluding hydrogens is 230 g/mol. The molecule has 0 amide bonds. The molecular formula is C12H19N5O. The van der Waals surface area contributed by atoms with Gasteiger partial charge < -0.3 is 15.7 Å². The summed E-state index contributed by atoms with van der Waals surface area (Å²) in [7, 11) is 0. The first-order valence-electron chi connectivity index (χ1n) is 6.16. The predicted molar refractivity (Wildman–Crippen MR) is 69.8 cm³/mol. The van der Waals surface area contributed by atoms with Crippen molar-refractivity contribution in [2.75, 3.05) is 24.6 Å². The third-order valence-electron chi connectivity index (χ3n) is 3.27. The number of nitrogen functional groups attached to an aromatic ring is 1. The largest absolute Gasteiger partial charge is 0.396 e. The van der Waals surface area contributed by atoms with Gasteiger partial charge in [-0.05, 0) is 31.7 Å². The van der Waals surface area contributed by atoms with Crippen LogP contribution in [0.15, 0.2) is 6.07 Å². The van der Waals surface area contributed by atoms with Crippen LogP contribution >= 0.6 is 0 Å². The highest BCUT2D eigenvalue weighted by atomic mass is 16.3. The molecule has 0 saturated carbocycles. The lowest BCUT2D eigenvalue weighted by Crippen LogP contribution is -2.36. The van der Waals surface area contributed by atoms with Crippen LogP contribution in [0.2, 0.25) is 0 Å². The summed E-state index contributed by atoms with van der Waals surface area (Å²) in [4.78, 5) is 10.8. The van der Waals surface area contributed by atoms with E-state index in [1.165, 1.54) is 0 Å². The second-order valence-electron chi connectivity index (χ2n) is 4.72. The number of hydrogen-bond donors (Lipinski definition) is 3. The van der Waals surface area contributed by atoms with E-state index in [2.05, 4.69) is 14.9 Å². The summed E-state index contributed by atoms with van der Waals surface area (Å²) < 4.78 is 0. The number of nitrogens with two attached hydrogens (primary N) is 1. The summed E-state index contributed by atoms with van der Waals surface area (Å²) >= 11 is 0. The van der Waals surface area contributed by atoms with E-state index in [0.29, 0.717) is 17.6 Å². The molecule has 1 fully saturated rings. The van der Waals surface area contributed by atoms with Gasteiger partial charge in [0.2, 0.25) is 5.95 Å². The molecule has 0 unspecified atom stereocenters. The third kappa shape index (κ3) is 2.76. The van der Waals surface area contributed by atoms with E-state index < -0.39 is 0 Å². The molecule has 2 heterocycles. The van der Waals surface area contributed by atoms with Gasteiger partial charge in [-0.25, -0.2) is 9.97 Å². The van der Waals surface area contributed by atoms with Crippen LogP contribution in [-0.4, -0.2) is 40.6 Å². The number of anilines is 1. The lowest BCUT2D eigenvalue weighted by Gasteiger charge is -2.31. The predicted octanol–water partition coefficient (Wildman–Crippen LogP) is 0.278. The number of aryl methyl sites for hydroxylation is 1. The first-order chi connectivity index (χ1) is 8.60. The number of amidine groups is 1. The Hall–Kier alpha value is -1.69. The highest BCUT2D eigenvalue weighted by Crippen LogP contribution is 2.20. The first kappa shape index (κ1) is 12.8. The molecule has 4 N–H and O–H groups in total. The molecule has 1 aliphatic heterocycles. The van der Waals surface area contributed by atoms with Gasteiger partial charge in [0.1, 0.15) is 11.5 Å². The normalized spacial score (nSPS) is 16.9. The zero-order valence-electron chi connectivity index (χ0n) is 10.6. The molecule has 1 aromatic rings. The van der Waals surface area contributed by atoms with Crippen LogP contribution in [0.1, 0.15) is 24.2 Å². The van der Waals surface area contributed by atoms with Crippen molar-refractivity contribution < 1.29 is 5.11 Å². The number of piperidine rings is 1. The Labute approximate surface area is 106 Å². The monoisotopic (exact) mass is 249 g/mol. The van der Waals surface area contributed by atoms with Crippen LogP contribution in [0.3, 0.4) is 0 Å². The number of aromatic nitrogens is 2. The minimum atomic E-state index is -0.0352. The number of nitrogens with one attached hydrogen (secondary N) is 1. The van der Waals surface area contributed by atoms with Crippen molar-refractivity contribution in [2.24, 2.45) is 11.7 Å². The molecule has 1 aromatic heterocycles. The highest BCUT2D eigenvalue weighted by Gasteiger charge is 2.21. The Kier molecular flexibility index (Phi) is 3.76. The SMILES string of the molecule is Cc1cc(C(=N)N)nc(N2CCC(CO)CC2)n1. The average molecular weight is 249 g/mol. The zero-order valence-corrected chi connectivity index (χ0v) is 10.6. The van der Waals surface area contributed by atoms with Gasteiger partial charge in [-0.1, -0.05) is 0 Å². The minimum Gasteiger partial charge on any atom is -0.396 e. The topological polar surface area (TPSA) is 99.1 Å². The lowest BCUT2D eigenvalue weighted by molar-refractivity contribution is 0.202. The molecule has 0 spiro atoms. The summed E-state index contributed by atoms with van der Waals surface area (Å²) in [5.41, 5.74) is 6.75. The van der Waals surface area contributed by atoms with Gasteiger partial charge in [0.25, 0.3) is 0 Å². The van der Waals surface area contributed by atoms with Crippen molar-refractivity contribution in [3.63, 3.8) is 0 Å². The van der Waals surface area contributed by atoms with Gasteiger partial charge in [-0.3, -0.25) is 5.41 Å². The van der Waals surface area contributed by atoms with Crippen molar-refractivity contribution >= 4 is 11.8 Å². The van der Waals surface area contributed by atoms with Gasteiger partial charge in [-0.15, -0.1) is 0 Å². The van der Waals surface area contributed by atoms with Crippen LogP contribution < -0.4 is 10.6 Å². The Morgan fingerprint density at radius 2 is 2.17 bits per heavy atom. The highest BCUT2D eigenvalue weighted by molar-refractivity contribution is 5.93. The Morgan fingerprint density at radius 1 is 1.50 bits per heavy atom. The van der Waals surface area contributed by atoms with Gasteiger partial charge in [0.05, 0.1) is 0 Å². The lowest BCUT2D eigenvalue weighted by atomic mass is 9.98. The molecule has 0 radical (unpaired) electrons. The van der Waals surface area contributed by atoms with E-state index in [0.717, 1.165) is 31.6 Å². The van der Waals surface area contributed by atoms with E-state index in [9.17, 15) is 0 Å². The molecule has 1 aliphatic rings. The fraction of sp³-hybridized carbons (Fsp3) is 0.583. The zero-order chi connectivity index (χ0) is 13.1. The fourth-order valence-corrected chi connectivity index (χ4v) is 2.15. The summed E-state index contributed by atoms with van der Waals surface area (Å²) in [6, 6.07) is 1.71. The van der Waals surface area contributed by atoms with Gasteiger partial charge in [0.15, 0.2) is 0 Å². The number of rotatable bonds is 3. The van der Waals surface area contributed by atoms with Gasteiger partial charge >= 0.3 is 0 Å². The van der Waals surface area contributed by atoms with Crippen molar-refractivity contribution in [3.05, 3.63) is 17.5 Å². The molecule has 18 heavy (non-hydrogen) atoms. The van der Waals surface area contributed by atoms with E-state index in [-0.39, 0.29) is 12.4 Å². The number of aliphatic hydroxyl groups is 1. The van der Waals surface area contributed by atoms with Crippen LogP contribution in [0.4, 0.5) is 5.95 Å². The van der Waals surface area contributed by atoms with E-state index in [1.54, 1.807) is 6.07 Å². The Balaban J connectivity index is 2.16. The van der Waals surface area contributed by atoms with E-state index in [1.807, 2.05) is 6.92 Å². The third-order valence-corrected chi connectivity index (χ3v) is 3.27. The summed E-state index contributed by atoms with van der Waals surface area (Å²) in [6.07, 6.45) is 1.90. The fourth-order valence-electron chi connectivity index (χ4n) is 2.15. The number of hydrogen-bond acceptors (Lipinski definition) is 5. The Morgan fingerprint density at radius 3 is 2.72 bits per heavy atom. The molecule has 0 aromatic carbocycles. The summed E-state index contributed by atoms with van der Waals surface area (Å²) in [6.45, 7) is 3.80. The van der Waals surface area contributed by atoms with Crippen molar-refractivity contribution in [1.82, 2.24) is 9.97 Å². The van der Waals surface area contributed by atoms with Crippen molar-refractivity contribution in [1.29, 1.82) is 5.41 Å². The van der Waals surface area contributed by atoms with E-state index in [4.69, 9.17) is 16.2 Å². The summed E-state index contributed by atoms with van der Waals surface area (Å²) in [5, 5.41) is 16.6. The number of aliphatic hydroxyl groups excluding tert-OH is 1. The van der Waals surface area contributed by atoms with Crippen molar-refractivity contribution in [2.45, 2.75) is 19.8 Å². The second-order valence-corrected chi connectivity index (χ2v) is 4.72. The molecule has 0 aliphatic carbocycles. The average Bonchev–Trinajstić information content (AvgIpc) is 2.38.